The van der Waals surface area contributed by atoms with E-state index in [-0.39, 0.29) is 5.91 Å². The van der Waals surface area contributed by atoms with Crippen LogP contribution in [0.3, 0.4) is 0 Å². The lowest BCUT2D eigenvalue weighted by molar-refractivity contribution is -0.113. The molecule has 0 aliphatic carbocycles. The van der Waals surface area contributed by atoms with Gasteiger partial charge in [-0.3, -0.25) is 4.79 Å². The van der Waals surface area contributed by atoms with Gasteiger partial charge in [0.05, 0.1) is 12.4 Å². The van der Waals surface area contributed by atoms with Crippen LogP contribution >= 0.6 is 23.4 Å². The highest BCUT2D eigenvalue weighted by molar-refractivity contribution is 7.99. The first-order valence-corrected chi connectivity index (χ1v) is 7.94. The Morgan fingerprint density at radius 3 is 2.76 bits per heavy atom. The van der Waals surface area contributed by atoms with E-state index >= 15 is 0 Å². The maximum atomic E-state index is 11.7. The molecule has 0 aliphatic rings. The first kappa shape index (κ1) is 15.7. The van der Waals surface area contributed by atoms with Gasteiger partial charge in [-0.05, 0) is 36.4 Å². The first-order valence-electron chi connectivity index (χ1n) is 6.41. The third-order valence-corrected chi connectivity index (χ3v) is 3.65. The number of aromatic nitrogens is 1. The maximum Gasteiger partial charge on any atom is 0.235 e. The minimum Gasteiger partial charge on any atom is -0.493 e. The number of carbonyl (C=O) groups is 1. The molecule has 2 aromatic rings. The van der Waals surface area contributed by atoms with Gasteiger partial charge in [-0.2, -0.15) is 0 Å². The molecule has 0 saturated carbocycles. The van der Waals surface area contributed by atoms with Crippen LogP contribution in [0.15, 0.2) is 48.7 Å². The number of anilines is 1. The van der Waals surface area contributed by atoms with Gasteiger partial charge >= 0.3 is 0 Å². The molecule has 2 rings (SSSR count). The number of hydrogen-bond donors (Lipinski definition) is 1. The molecule has 1 heterocycles. The van der Waals surface area contributed by atoms with Gasteiger partial charge in [0.25, 0.3) is 0 Å². The fourth-order valence-electron chi connectivity index (χ4n) is 1.53. The summed E-state index contributed by atoms with van der Waals surface area (Å²) in [6, 6.07) is 12.6. The lowest BCUT2D eigenvalue weighted by atomic mass is 10.3. The normalized spacial score (nSPS) is 10.1. The van der Waals surface area contributed by atoms with Gasteiger partial charge in [0.2, 0.25) is 5.91 Å². The van der Waals surface area contributed by atoms with Crippen molar-refractivity contribution in [1.29, 1.82) is 0 Å². The molecular formula is C15H15ClN2O2S. The number of carbonyl (C=O) groups excluding carboxylic acids is 1. The molecule has 1 aromatic heterocycles. The van der Waals surface area contributed by atoms with E-state index in [1.165, 1.54) is 11.8 Å². The Kier molecular flexibility index (Phi) is 6.37. The number of thioether (sulfide) groups is 1. The number of pyridine rings is 1. The van der Waals surface area contributed by atoms with Crippen LogP contribution in [-0.4, -0.2) is 29.0 Å². The molecule has 21 heavy (non-hydrogen) atoms. The number of rotatable bonds is 7. The number of ether oxygens (including phenoxy) is 1. The van der Waals surface area contributed by atoms with E-state index in [1.807, 2.05) is 18.2 Å². The van der Waals surface area contributed by atoms with Crippen molar-refractivity contribution in [2.45, 2.75) is 0 Å². The highest BCUT2D eigenvalue weighted by atomic mass is 35.5. The second kappa shape index (κ2) is 8.54. The molecule has 0 saturated heterocycles. The largest absolute Gasteiger partial charge is 0.493 e. The van der Waals surface area contributed by atoms with Gasteiger partial charge in [-0.1, -0.05) is 17.7 Å². The van der Waals surface area contributed by atoms with E-state index in [2.05, 4.69) is 10.3 Å². The van der Waals surface area contributed by atoms with Gasteiger partial charge in [-0.15, -0.1) is 11.8 Å². The van der Waals surface area contributed by atoms with Gasteiger partial charge in [0, 0.05) is 17.0 Å². The van der Waals surface area contributed by atoms with Crippen molar-refractivity contribution in [3.8, 4) is 5.75 Å². The molecule has 1 N–H and O–H groups in total. The topological polar surface area (TPSA) is 51.2 Å². The highest BCUT2D eigenvalue weighted by Gasteiger charge is 2.03. The predicted octanol–water partition coefficient (Wildman–Crippen LogP) is 3.49. The molecule has 1 amide bonds. The Labute approximate surface area is 132 Å². The van der Waals surface area contributed by atoms with Crippen LogP contribution in [0.25, 0.3) is 0 Å². The summed E-state index contributed by atoms with van der Waals surface area (Å²) >= 11 is 7.30. The second-order valence-corrected chi connectivity index (χ2v) is 5.66. The first-order chi connectivity index (χ1) is 10.2. The van der Waals surface area contributed by atoms with E-state index in [9.17, 15) is 4.79 Å². The van der Waals surface area contributed by atoms with Crippen molar-refractivity contribution >= 4 is 35.1 Å². The fraction of sp³-hybridized carbons (Fsp3) is 0.200. The summed E-state index contributed by atoms with van der Waals surface area (Å²) in [6.45, 7) is 0.545. The maximum absolute atomic E-state index is 11.7. The van der Waals surface area contributed by atoms with Crippen LogP contribution in [0.2, 0.25) is 5.02 Å². The Bertz CT molecular complexity index is 564. The Morgan fingerprint density at radius 2 is 2.05 bits per heavy atom. The molecule has 0 unspecified atom stereocenters. The summed E-state index contributed by atoms with van der Waals surface area (Å²) in [5.41, 5.74) is 0. The van der Waals surface area contributed by atoms with Crippen LogP contribution in [0.5, 0.6) is 5.75 Å². The summed E-state index contributed by atoms with van der Waals surface area (Å²) < 4.78 is 5.54. The Hall–Kier alpha value is -1.72. The van der Waals surface area contributed by atoms with Gasteiger partial charge in [0.15, 0.2) is 0 Å². The van der Waals surface area contributed by atoms with Gasteiger partial charge in [0.1, 0.15) is 11.6 Å². The van der Waals surface area contributed by atoms with E-state index < -0.39 is 0 Å². The average Bonchev–Trinajstić information content (AvgIpc) is 2.50. The minimum absolute atomic E-state index is 0.0646. The molecule has 0 bridgehead atoms. The van der Waals surface area contributed by atoms with Gasteiger partial charge < -0.3 is 10.1 Å². The molecule has 1 aromatic carbocycles. The third-order valence-electron chi connectivity index (χ3n) is 2.48. The van der Waals surface area contributed by atoms with Crippen LogP contribution < -0.4 is 10.1 Å². The summed E-state index contributed by atoms with van der Waals surface area (Å²) in [5.74, 6) is 2.39. The van der Waals surface area contributed by atoms with Crippen molar-refractivity contribution in [3.05, 3.63) is 53.7 Å². The molecule has 0 spiro atoms. The zero-order chi connectivity index (χ0) is 14.9. The SMILES string of the molecule is O=C(CSCCOc1ccc(Cl)cc1)Nc1ccccn1. The van der Waals surface area contributed by atoms with Crippen molar-refractivity contribution in [3.63, 3.8) is 0 Å². The van der Waals surface area contributed by atoms with E-state index in [4.69, 9.17) is 16.3 Å². The van der Waals surface area contributed by atoms with E-state index in [1.54, 1.807) is 30.5 Å². The second-order valence-electron chi connectivity index (χ2n) is 4.12. The van der Waals surface area contributed by atoms with Crippen LogP contribution in [0.4, 0.5) is 5.82 Å². The number of hydrogen-bond acceptors (Lipinski definition) is 4. The molecule has 4 nitrogen and oxygen atoms in total. The summed E-state index contributed by atoms with van der Waals surface area (Å²) in [6.07, 6.45) is 1.64. The number of nitrogens with zero attached hydrogens (tertiary/aromatic N) is 1. The zero-order valence-electron chi connectivity index (χ0n) is 11.3. The summed E-state index contributed by atoms with van der Waals surface area (Å²) in [5, 5.41) is 3.41. The number of halogens is 1. The molecule has 0 radical (unpaired) electrons. The van der Waals surface area contributed by atoms with Crippen LogP contribution in [0, 0.1) is 0 Å². The fourth-order valence-corrected chi connectivity index (χ4v) is 2.26. The monoisotopic (exact) mass is 322 g/mol. The Morgan fingerprint density at radius 1 is 1.24 bits per heavy atom. The zero-order valence-corrected chi connectivity index (χ0v) is 12.9. The number of benzene rings is 1. The molecule has 110 valence electrons. The van der Waals surface area contributed by atoms with Crippen molar-refractivity contribution in [1.82, 2.24) is 4.98 Å². The van der Waals surface area contributed by atoms with Crippen molar-refractivity contribution in [2.75, 3.05) is 23.4 Å². The molecule has 0 fully saturated rings. The molecule has 0 atom stereocenters. The number of nitrogens with one attached hydrogen (secondary N) is 1. The van der Waals surface area contributed by atoms with Crippen LogP contribution in [0.1, 0.15) is 0 Å². The lowest BCUT2D eigenvalue weighted by Gasteiger charge is -2.06. The molecule has 6 heteroatoms. The quantitative estimate of drug-likeness (QED) is 0.793. The smallest absolute Gasteiger partial charge is 0.235 e. The van der Waals surface area contributed by atoms with E-state index in [0.29, 0.717) is 23.2 Å². The average molecular weight is 323 g/mol. The lowest BCUT2D eigenvalue weighted by Crippen LogP contribution is -2.15. The molecular weight excluding hydrogens is 308 g/mol. The molecule has 0 aliphatic heterocycles. The van der Waals surface area contributed by atoms with Crippen molar-refractivity contribution in [2.24, 2.45) is 0 Å². The predicted molar refractivity (Wildman–Crippen MR) is 87.1 cm³/mol. The van der Waals surface area contributed by atoms with Crippen molar-refractivity contribution < 1.29 is 9.53 Å². The standard InChI is InChI=1S/C15H15ClN2O2S/c16-12-4-6-13(7-5-12)20-9-10-21-11-15(19)18-14-3-1-2-8-17-14/h1-8H,9-11H2,(H,17,18,19). The summed E-state index contributed by atoms with van der Waals surface area (Å²) in [4.78, 5) is 15.7. The Balaban J connectivity index is 1.59. The summed E-state index contributed by atoms with van der Waals surface area (Å²) in [7, 11) is 0. The minimum atomic E-state index is -0.0646. The highest BCUT2D eigenvalue weighted by Crippen LogP contribution is 2.15. The van der Waals surface area contributed by atoms with E-state index in [0.717, 1.165) is 11.5 Å². The number of amides is 1. The van der Waals surface area contributed by atoms with Crippen LogP contribution in [-0.2, 0) is 4.79 Å². The van der Waals surface area contributed by atoms with Gasteiger partial charge in [-0.25, -0.2) is 4.98 Å². The third kappa shape index (κ3) is 6.06.